The van der Waals surface area contributed by atoms with Crippen LogP contribution in [0.3, 0.4) is 0 Å². The molecule has 142 valence electrons. The molecule has 1 aromatic rings. The van der Waals surface area contributed by atoms with E-state index in [1.807, 2.05) is 12.1 Å². The molecule has 6 heteroatoms. The fourth-order valence-electron chi connectivity index (χ4n) is 2.28. The molecule has 0 saturated carbocycles. The van der Waals surface area contributed by atoms with Crippen LogP contribution < -0.4 is 20.1 Å². The van der Waals surface area contributed by atoms with Crippen molar-refractivity contribution in [2.45, 2.75) is 33.2 Å². The van der Waals surface area contributed by atoms with E-state index in [9.17, 15) is 0 Å². The van der Waals surface area contributed by atoms with E-state index >= 15 is 0 Å². The zero-order valence-corrected chi connectivity index (χ0v) is 16.6. The fourth-order valence-corrected chi connectivity index (χ4v) is 2.28. The normalized spacial score (nSPS) is 11.8. The summed E-state index contributed by atoms with van der Waals surface area (Å²) in [5.41, 5.74) is 1.19. The van der Waals surface area contributed by atoms with Crippen molar-refractivity contribution in [2.24, 2.45) is 4.99 Å². The molecule has 0 saturated heterocycles. The highest BCUT2D eigenvalue weighted by molar-refractivity contribution is 5.79. The summed E-state index contributed by atoms with van der Waals surface area (Å²) in [6, 6.07) is 6.55. The van der Waals surface area contributed by atoms with Crippen molar-refractivity contribution in [3.8, 4) is 11.5 Å². The lowest BCUT2D eigenvalue weighted by Crippen LogP contribution is -2.39. The number of guanidine groups is 1. The second-order valence-electron chi connectivity index (χ2n) is 6.20. The van der Waals surface area contributed by atoms with Crippen molar-refractivity contribution in [3.05, 3.63) is 23.8 Å². The van der Waals surface area contributed by atoms with Gasteiger partial charge in [-0.15, -0.1) is 0 Å². The van der Waals surface area contributed by atoms with Crippen molar-refractivity contribution in [1.29, 1.82) is 0 Å². The number of benzene rings is 1. The summed E-state index contributed by atoms with van der Waals surface area (Å²) in [7, 11) is 5.43. The van der Waals surface area contributed by atoms with E-state index < -0.39 is 0 Å². The molecular weight excluding hydrogens is 316 g/mol. The molecule has 0 aliphatic carbocycles. The highest BCUT2D eigenvalue weighted by Gasteiger charge is 2.05. The van der Waals surface area contributed by atoms with Gasteiger partial charge in [0.2, 0.25) is 0 Å². The molecule has 0 bridgehead atoms. The van der Waals surface area contributed by atoms with Gasteiger partial charge in [0.05, 0.1) is 20.8 Å². The fraction of sp³-hybridized carbons (Fsp3) is 0.632. The van der Waals surface area contributed by atoms with Gasteiger partial charge in [0.25, 0.3) is 0 Å². The summed E-state index contributed by atoms with van der Waals surface area (Å²) in [6.45, 7) is 9.84. The zero-order valence-electron chi connectivity index (χ0n) is 16.6. The van der Waals surface area contributed by atoms with Crippen LogP contribution in [0.1, 0.15) is 26.3 Å². The van der Waals surface area contributed by atoms with Crippen LogP contribution >= 0.6 is 0 Å². The van der Waals surface area contributed by atoms with Crippen LogP contribution in [-0.2, 0) is 6.42 Å². The Morgan fingerprint density at radius 1 is 1.16 bits per heavy atom. The van der Waals surface area contributed by atoms with E-state index in [1.54, 1.807) is 14.2 Å². The standard InChI is InChI=1S/C19H34N4O2/c1-7-20-19(22-12-13-23(4)15(2)3)21-11-10-16-8-9-17(24-5)18(14-16)25-6/h8-9,14-15H,7,10-13H2,1-6H3,(H2,20,21,22). The summed E-state index contributed by atoms with van der Waals surface area (Å²) >= 11 is 0. The molecule has 0 atom stereocenters. The smallest absolute Gasteiger partial charge is 0.191 e. The molecule has 0 aliphatic heterocycles. The second kappa shape index (κ2) is 11.6. The van der Waals surface area contributed by atoms with Crippen LogP contribution in [0, 0.1) is 0 Å². The molecule has 25 heavy (non-hydrogen) atoms. The molecule has 0 unspecified atom stereocenters. The lowest BCUT2D eigenvalue weighted by molar-refractivity contribution is 0.282. The summed E-state index contributed by atoms with van der Waals surface area (Å²) in [4.78, 5) is 6.92. The molecule has 2 N–H and O–H groups in total. The maximum absolute atomic E-state index is 5.35. The second-order valence-corrected chi connectivity index (χ2v) is 6.20. The zero-order chi connectivity index (χ0) is 18.7. The minimum atomic E-state index is 0.538. The third kappa shape index (κ3) is 7.65. The van der Waals surface area contributed by atoms with Gasteiger partial charge in [0, 0.05) is 25.7 Å². The topological polar surface area (TPSA) is 58.1 Å². The number of ether oxygens (including phenoxy) is 2. The SMILES string of the molecule is CCNC(=NCCN(C)C(C)C)NCCc1ccc(OC)c(OC)c1. The van der Waals surface area contributed by atoms with Crippen molar-refractivity contribution in [1.82, 2.24) is 15.5 Å². The van der Waals surface area contributed by atoms with Crippen LogP contribution in [0.25, 0.3) is 0 Å². The summed E-state index contributed by atoms with van der Waals surface area (Å²) in [5, 5.41) is 6.67. The summed E-state index contributed by atoms with van der Waals surface area (Å²) in [5.74, 6) is 2.38. The third-order valence-electron chi connectivity index (χ3n) is 4.10. The predicted molar refractivity (Wildman–Crippen MR) is 105 cm³/mol. The van der Waals surface area contributed by atoms with Gasteiger partial charge in [0.15, 0.2) is 17.5 Å². The molecule has 0 spiro atoms. The van der Waals surface area contributed by atoms with Crippen molar-refractivity contribution in [3.63, 3.8) is 0 Å². The Labute approximate surface area is 152 Å². The van der Waals surface area contributed by atoms with Gasteiger partial charge in [-0.2, -0.15) is 0 Å². The van der Waals surface area contributed by atoms with E-state index in [-0.39, 0.29) is 0 Å². The van der Waals surface area contributed by atoms with E-state index in [2.05, 4.69) is 54.4 Å². The Bertz CT molecular complexity index is 532. The number of likely N-dealkylation sites (N-methyl/N-ethyl adjacent to an activating group) is 1. The monoisotopic (exact) mass is 350 g/mol. The highest BCUT2D eigenvalue weighted by atomic mass is 16.5. The van der Waals surface area contributed by atoms with E-state index in [0.29, 0.717) is 6.04 Å². The minimum Gasteiger partial charge on any atom is -0.493 e. The van der Waals surface area contributed by atoms with Gasteiger partial charge in [-0.05, 0) is 51.9 Å². The number of hydrogen-bond donors (Lipinski definition) is 2. The Morgan fingerprint density at radius 3 is 2.48 bits per heavy atom. The van der Waals surface area contributed by atoms with Crippen molar-refractivity contribution >= 4 is 5.96 Å². The maximum Gasteiger partial charge on any atom is 0.191 e. The number of nitrogens with zero attached hydrogens (tertiary/aromatic N) is 2. The van der Waals surface area contributed by atoms with Gasteiger partial charge in [-0.25, -0.2) is 0 Å². The molecule has 0 aromatic heterocycles. The third-order valence-corrected chi connectivity index (χ3v) is 4.10. The molecule has 0 amide bonds. The maximum atomic E-state index is 5.35. The summed E-state index contributed by atoms with van der Waals surface area (Å²) < 4.78 is 10.6. The van der Waals surface area contributed by atoms with Gasteiger partial charge in [0.1, 0.15) is 0 Å². The Balaban J connectivity index is 2.52. The Morgan fingerprint density at radius 2 is 1.88 bits per heavy atom. The average molecular weight is 351 g/mol. The average Bonchev–Trinajstić information content (AvgIpc) is 2.61. The molecular formula is C19H34N4O2. The number of nitrogens with one attached hydrogen (secondary N) is 2. The molecule has 0 radical (unpaired) electrons. The highest BCUT2D eigenvalue weighted by Crippen LogP contribution is 2.27. The van der Waals surface area contributed by atoms with Gasteiger partial charge < -0.3 is 25.0 Å². The van der Waals surface area contributed by atoms with Gasteiger partial charge in [-0.1, -0.05) is 6.07 Å². The van der Waals surface area contributed by atoms with Crippen LogP contribution in [0.15, 0.2) is 23.2 Å². The first-order valence-electron chi connectivity index (χ1n) is 8.95. The minimum absolute atomic E-state index is 0.538. The van der Waals surface area contributed by atoms with Gasteiger partial charge in [-0.3, -0.25) is 4.99 Å². The quantitative estimate of drug-likeness (QED) is 0.500. The first-order valence-corrected chi connectivity index (χ1v) is 8.95. The van der Waals surface area contributed by atoms with Crippen molar-refractivity contribution < 1.29 is 9.47 Å². The number of methoxy groups -OCH3 is 2. The van der Waals surface area contributed by atoms with Crippen LogP contribution in [0.4, 0.5) is 0 Å². The lowest BCUT2D eigenvalue weighted by atomic mass is 10.1. The van der Waals surface area contributed by atoms with E-state index in [4.69, 9.17) is 9.47 Å². The molecule has 1 rings (SSSR count). The first-order chi connectivity index (χ1) is 12.0. The van der Waals surface area contributed by atoms with E-state index in [1.165, 1.54) is 5.56 Å². The largest absolute Gasteiger partial charge is 0.493 e. The molecule has 6 nitrogen and oxygen atoms in total. The van der Waals surface area contributed by atoms with Crippen LogP contribution in [0.5, 0.6) is 11.5 Å². The molecule has 0 aliphatic rings. The number of hydrogen-bond acceptors (Lipinski definition) is 4. The van der Waals surface area contributed by atoms with Crippen molar-refractivity contribution in [2.75, 3.05) is 47.4 Å². The predicted octanol–water partition coefficient (Wildman–Crippen LogP) is 2.14. The van der Waals surface area contributed by atoms with Gasteiger partial charge >= 0.3 is 0 Å². The molecule has 1 aromatic carbocycles. The molecule has 0 fully saturated rings. The summed E-state index contributed by atoms with van der Waals surface area (Å²) in [6.07, 6.45) is 0.886. The van der Waals surface area contributed by atoms with Crippen LogP contribution in [0.2, 0.25) is 0 Å². The first kappa shape index (κ1) is 21.1. The Kier molecular flexibility index (Phi) is 9.77. The lowest BCUT2D eigenvalue weighted by Gasteiger charge is -2.20. The van der Waals surface area contributed by atoms with Crippen LogP contribution in [-0.4, -0.2) is 64.3 Å². The molecule has 0 heterocycles. The van der Waals surface area contributed by atoms with E-state index in [0.717, 1.165) is 50.1 Å². The number of aliphatic imine (C=N–C) groups is 1. The Hall–Kier alpha value is -1.95. The number of rotatable bonds is 10.